The minimum absolute atomic E-state index is 0.0707. The van der Waals surface area contributed by atoms with Crippen LogP contribution in [0, 0.1) is 17.8 Å². The van der Waals surface area contributed by atoms with Gasteiger partial charge in [-0.1, -0.05) is 5.92 Å². The lowest BCUT2D eigenvalue weighted by atomic mass is 9.94. The van der Waals surface area contributed by atoms with Gasteiger partial charge in [0.2, 0.25) is 5.82 Å². The van der Waals surface area contributed by atoms with Gasteiger partial charge in [-0.3, -0.25) is 9.36 Å². The molecule has 0 bridgehead atoms. The number of benzene rings is 1. The Morgan fingerprint density at radius 2 is 1.82 bits per heavy atom. The average molecular weight is 620 g/mol. The predicted octanol–water partition coefficient (Wildman–Crippen LogP) is 0.746. The van der Waals surface area contributed by atoms with Crippen LogP contribution < -0.4 is 15.8 Å². The molecule has 4 heterocycles. The molecule has 3 aliphatic rings. The molecule has 15 nitrogen and oxygen atoms in total. The fourth-order valence-corrected chi connectivity index (χ4v) is 5.33. The summed E-state index contributed by atoms with van der Waals surface area (Å²) in [6.07, 6.45) is -0.537. The van der Waals surface area contributed by atoms with Crippen LogP contribution in [0.3, 0.4) is 0 Å². The van der Waals surface area contributed by atoms with E-state index in [9.17, 15) is 24.6 Å². The topological polar surface area (TPSA) is 204 Å². The number of methoxy groups -OCH3 is 1. The number of nitrogens with zero attached hydrogens (tertiary/aromatic N) is 5. The molecule has 1 saturated carbocycles. The third-order valence-electron chi connectivity index (χ3n) is 8.09. The highest BCUT2D eigenvalue weighted by molar-refractivity contribution is 5.89. The normalized spacial score (nSPS) is 23.3. The highest BCUT2D eigenvalue weighted by atomic mass is 16.6. The quantitative estimate of drug-likeness (QED) is 0.223. The van der Waals surface area contributed by atoms with Crippen molar-refractivity contribution in [3.05, 3.63) is 42.0 Å². The molecule has 2 aliphatic heterocycles. The van der Waals surface area contributed by atoms with E-state index < -0.39 is 42.5 Å². The average Bonchev–Trinajstić information content (AvgIpc) is 3.68. The van der Waals surface area contributed by atoms with Crippen molar-refractivity contribution in [2.45, 2.75) is 62.7 Å². The number of likely N-dealkylation sites (tertiary alicyclic amines) is 1. The molecule has 6 rings (SSSR count). The third-order valence-corrected chi connectivity index (χ3v) is 8.09. The molecule has 1 aliphatic carbocycles. The van der Waals surface area contributed by atoms with E-state index in [2.05, 4.69) is 36.8 Å². The summed E-state index contributed by atoms with van der Waals surface area (Å²) in [4.78, 5) is 51.3. The van der Waals surface area contributed by atoms with E-state index in [1.54, 1.807) is 17.0 Å². The van der Waals surface area contributed by atoms with E-state index in [4.69, 9.17) is 15.2 Å². The molecule has 4 atom stereocenters. The number of aromatic nitrogens is 4. The summed E-state index contributed by atoms with van der Waals surface area (Å²) < 4.78 is 17.3. The van der Waals surface area contributed by atoms with E-state index in [1.165, 1.54) is 30.1 Å². The maximum absolute atomic E-state index is 12.6. The number of carbonyl (C=O) groups is 3. The minimum atomic E-state index is -1.43. The summed E-state index contributed by atoms with van der Waals surface area (Å²) in [5.74, 6) is 5.92. The molecule has 0 spiro atoms. The second-order valence-corrected chi connectivity index (χ2v) is 11.3. The Balaban J connectivity index is 1.05. The number of fused-ring (bicyclic) bond motifs is 1. The molecule has 236 valence electrons. The molecule has 15 heteroatoms. The number of carbonyl (C=O) groups excluding carboxylic acids is 3. The maximum atomic E-state index is 12.6. The molecule has 2 amide bonds. The number of imidazole rings is 1. The Labute approximate surface area is 257 Å². The molecule has 2 unspecified atom stereocenters. The van der Waals surface area contributed by atoms with Crippen LogP contribution in [0.2, 0.25) is 0 Å². The smallest absolute Gasteiger partial charge is 0.415 e. The molecule has 3 aromatic rings. The zero-order valence-corrected chi connectivity index (χ0v) is 24.5. The van der Waals surface area contributed by atoms with Crippen molar-refractivity contribution in [1.29, 1.82) is 0 Å². The van der Waals surface area contributed by atoms with Gasteiger partial charge in [-0.2, -0.15) is 0 Å². The van der Waals surface area contributed by atoms with Crippen molar-refractivity contribution in [3.63, 3.8) is 0 Å². The van der Waals surface area contributed by atoms with E-state index in [1.807, 2.05) is 0 Å². The lowest BCUT2D eigenvalue weighted by Crippen LogP contribution is -2.43. The zero-order chi connectivity index (χ0) is 31.7. The molecule has 45 heavy (non-hydrogen) atoms. The second-order valence-electron chi connectivity index (χ2n) is 11.3. The van der Waals surface area contributed by atoms with Gasteiger partial charge in [-0.15, -0.1) is 0 Å². The number of nitrogen functional groups attached to an aromatic ring is 1. The summed E-state index contributed by atoms with van der Waals surface area (Å²) in [5.41, 5.74) is 7.01. The van der Waals surface area contributed by atoms with E-state index >= 15 is 0 Å². The van der Waals surface area contributed by atoms with Crippen LogP contribution in [-0.4, -0.2) is 97.2 Å². The number of anilines is 1. The Hall–Kier alpha value is -4.78. The summed E-state index contributed by atoms with van der Waals surface area (Å²) in [6, 6.07) is 6.22. The number of piperidine rings is 1. The lowest BCUT2D eigenvalue weighted by molar-refractivity contribution is -0.137. The summed E-state index contributed by atoms with van der Waals surface area (Å²) in [7, 11) is 1.30. The molecule has 5 N–H and O–H groups in total. The summed E-state index contributed by atoms with van der Waals surface area (Å²) >= 11 is 0. The van der Waals surface area contributed by atoms with E-state index in [0.29, 0.717) is 30.8 Å². The molecule has 1 aromatic carbocycles. The maximum Gasteiger partial charge on any atom is 0.415 e. The zero-order valence-electron chi connectivity index (χ0n) is 24.5. The number of esters is 1. The molecule has 2 saturated heterocycles. The van der Waals surface area contributed by atoms with Crippen LogP contribution >= 0.6 is 0 Å². The number of nitrogens with two attached hydrogens (primary N) is 1. The Bertz CT molecular complexity index is 1650. The van der Waals surface area contributed by atoms with Gasteiger partial charge in [-0.25, -0.2) is 24.5 Å². The van der Waals surface area contributed by atoms with Gasteiger partial charge in [0.25, 0.3) is 5.91 Å². The highest BCUT2D eigenvalue weighted by Crippen LogP contribution is 2.33. The van der Waals surface area contributed by atoms with Crippen molar-refractivity contribution < 1.29 is 38.8 Å². The monoisotopic (exact) mass is 619 g/mol. The highest BCUT2D eigenvalue weighted by Gasteiger charge is 2.48. The minimum Gasteiger partial charge on any atom is -0.465 e. The van der Waals surface area contributed by atoms with Crippen LogP contribution in [0.5, 0.6) is 5.75 Å². The first kappa shape index (κ1) is 30.3. The summed E-state index contributed by atoms with van der Waals surface area (Å²) in [5, 5.41) is 24.0. The van der Waals surface area contributed by atoms with Crippen LogP contribution in [-0.2, 0) is 14.3 Å². The number of rotatable bonds is 6. The number of aliphatic hydroxyl groups is 2. The number of ether oxygens (including phenoxy) is 3. The van der Waals surface area contributed by atoms with E-state index in [0.717, 1.165) is 25.7 Å². The molecule has 0 radical (unpaired) electrons. The summed E-state index contributed by atoms with van der Waals surface area (Å²) in [6.45, 7) is 1.02. The second kappa shape index (κ2) is 12.7. The molecular formula is C30H33N7O8. The molecule has 3 fully saturated rings. The fourth-order valence-electron chi connectivity index (χ4n) is 5.33. The van der Waals surface area contributed by atoms with Gasteiger partial charge in [0.15, 0.2) is 23.8 Å². The van der Waals surface area contributed by atoms with Crippen molar-refractivity contribution in [2.75, 3.05) is 25.9 Å². The largest absolute Gasteiger partial charge is 0.465 e. The van der Waals surface area contributed by atoms with Crippen molar-refractivity contribution >= 4 is 35.0 Å². The molecular weight excluding hydrogens is 586 g/mol. The van der Waals surface area contributed by atoms with Gasteiger partial charge in [0.1, 0.15) is 23.5 Å². The van der Waals surface area contributed by atoms with Crippen LogP contribution in [0.4, 0.5) is 10.6 Å². The van der Waals surface area contributed by atoms with Gasteiger partial charge in [0, 0.05) is 25.6 Å². The number of hydrogen-bond acceptors (Lipinski definition) is 12. The Kier molecular flexibility index (Phi) is 8.52. The predicted molar refractivity (Wildman–Crippen MR) is 156 cm³/mol. The van der Waals surface area contributed by atoms with Crippen LogP contribution in [0.25, 0.3) is 11.2 Å². The number of hydrogen-bond donors (Lipinski definition) is 4. The van der Waals surface area contributed by atoms with Gasteiger partial charge < -0.3 is 40.4 Å². The first-order chi connectivity index (χ1) is 21.7. The number of aliphatic hydroxyl groups excluding tert-OH is 2. The van der Waals surface area contributed by atoms with Crippen molar-refractivity contribution in [2.24, 2.45) is 5.92 Å². The standard InChI is InChI=1S/C30H33N7O8/c1-43-29(41)17-5-9-19(10-6-17)44-30(42)36-13-11-16(12-14-36)3-2-4-20-34-25(31)21-26(35-20)37(15-32-21)28-23(39)22(38)24(45-28)27(40)33-18-7-8-18/h5-6,9-10,15-16,18,22-24,28,38-39H,3,7-8,11-14H2,1H3,(H,33,40)(H2,31,34,35)/t22?,23?,24-,28+/m0/s1. The van der Waals surface area contributed by atoms with Crippen LogP contribution in [0.1, 0.15) is 54.5 Å². The van der Waals surface area contributed by atoms with Crippen molar-refractivity contribution in [3.8, 4) is 17.6 Å². The first-order valence-corrected chi connectivity index (χ1v) is 14.7. The third kappa shape index (κ3) is 6.53. The number of amides is 2. The lowest BCUT2D eigenvalue weighted by Gasteiger charge is -2.30. The van der Waals surface area contributed by atoms with Gasteiger partial charge in [-0.05, 0) is 61.8 Å². The van der Waals surface area contributed by atoms with Crippen molar-refractivity contribution in [1.82, 2.24) is 29.7 Å². The van der Waals surface area contributed by atoms with Gasteiger partial charge in [0.05, 0.1) is 19.0 Å². The Morgan fingerprint density at radius 1 is 1.09 bits per heavy atom. The molecule has 2 aromatic heterocycles. The van der Waals surface area contributed by atoms with Crippen LogP contribution in [0.15, 0.2) is 30.6 Å². The van der Waals surface area contributed by atoms with Gasteiger partial charge >= 0.3 is 12.1 Å². The Morgan fingerprint density at radius 3 is 2.51 bits per heavy atom. The first-order valence-electron chi connectivity index (χ1n) is 14.7. The number of nitrogens with one attached hydrogen (secondary N) is 1. The van der Waals surface area contributed by atoms with E-state index in [-0.39, 0.29) is 34.8 Å². The fraction of sp³-hybridized carbons (Fsp3) is 0.467. The SMILES string of the molecule is COC(=O)c1ccc(OC(=O)N2CCC(CC#Cc3nc(N)c4ncn([C@@H]5O[C@H](C(=O)NC6CC6)C(O)C5O)c4n3)CC2)cc1.